The van der Waals surface area contributed by atoms with Gasteiger partial charge in [0.25, 0.3) is 0 Å². The molecule has 1 aromatic carbocycles. The number of nitrogens with zero attached hydrogens (tertiary/aromatic N) is 2. The van der Waals surface area contributed by atoms with Crippen LogP contribution in [0.25, 0.3) is 0 Å². The van der Waals surface area contributed by atoms with Crippen LogP contribution in [0.3, 0.4) is 0 Å². The highest BCUT2D eigenvalue weighted by molar-refractivity contribution is 5.92. The van der Waals surface area contributed by atoms with Crippen molar-refractivity contribution >= 4 is 29.0 Å². The molecule has 0 spiro atoms. The lowest BCUT2D eigenvalue weighted by Gasteiger charge is -2.22. The van der Waals surface area contributed by atoms with E-state index in [9.17, 15) is 9.59 Å². The molecule has 1 heterocycles. The Kier molecular flexibility index (Phi) is 6.19. The fourth-order valence-corrected chi connectivity index (χ4v) is 3.28. The van der Waals surface area contributed by atoms with Crippen molar-refractivity contribution in [3.63, 3.8) is 0 Å². The van der Waals surface area contributed by atoms with Crippen LogP contribution in [0.4, 0.5) is 17.5 Å². The van der Waals surface area contributed by atoms with E-state index in [1.807, 2.05) is 32.0 Å². The van der Waals surface area contributed by atoms with Crippen molar-refractivity contribution in [2.45, 2.75) is 52.0 Å². The SMILES string of the molecule is C=CC(=O)Cc1cc(C)ccc1Nc1nc(NC2CCC(=O)CC2)ncc1C. The van der Waals surface area contributed by atoms with Gasteiger partial charge in [0.15, 0.2) is 5.78 Å². The van der Waals surface area contributed by atoms with Crippen LogP contribution in [-0.2, 0) is 16.0 Å². The second-order valence-electron chi connectivity index (χ2n) is 7.32. The predicted molar refractivity (Wildman–Crippen MR) is 111 cm³/mol. The van der Waals surface area contributed by atoms with Crippen LogP contribution in [-0.4, -0.2) is 27.6 Å². The van der Waals surface area contributed by atoms with Gasteiger partial charge in [-0.2, -0.15) is 4.98 Å². The zero-order chi connectivity index (χ0) is 20.1. The summed E-state index contributed by atoms with van der Waals surface area (Å²) in [5.41, 5.74) is 3.75. The average Bonchev–Trinajstić information content (AvgIpc) is 2.68. The number of carbonyl (C=O) groups excluding carboxylic acids is 2. The quantitative estimate of drug-likeness (QED) is 0.707. The van der Waals surface area contributed by atoms with E-state index in [2.05, 4.69) is 27.2 Å². The van der Waals surface area contributed by atoms with Crippen molar-refractivity contribution < 1.29 is 9.59 Å². The Bertz CT molecular complexity index is 897. The van der Waals surface area contributed by atoms with E-state index in [1.54, 1.807) is 6.20 Å². The number of aromatic nitrogens is 2. The number of aryl methyl sites for hydroxylation is 2. The Hall–Kier alpha value is -3.02. The fourth-order valence-electron chi connectivity index (χ4n) is 3.28. The Labute approximate surface area is 165 Å². The molecule has 1 aliphatic rings. The summed E-state index contributed by atoms with van der Waals surface area (Å²) in [4.78, 5) is 32.3. The van der Waals surface area contributed by atoms with E-state index in [0.29, 0.717) is 36.8 Å². The number of hydrogen-bond donors (Lipinski definition) is 2. The summed E-state index contributed by atoms with van der Waals surface area (Å²) in [6.45, 7) is 7.50. The van der Waals surface area contributed by atoms with Crippen molar-refractivity contribution in [3.8, 4) is 0 Å². The maximum atomic E-state index is 11.9. The minimum Gasteiger partial charge on any atom is -0.351 e. The summed E-state index contributed by atoms with van der Waals surface area (Å²) in [7, 11) is 0. The smallest absolute Gasteiger partial charge is 0.224 e. The maximum Gasteiger partial charge on any atom is 0.224 e. The van der Waals surface area contributed by atoms with Gasteiger partial charge in [0.1, 0.15) is 11.6 Å². The second kappa shape index (κ2) is 8.78. The highest BCUT2D eigenvalue weighted by Gasteiger charge is 2.19. The molecule has 0 saturated heterocycles. The molecule has 146 valence electrons. The Morgan fingerprint density at radius 2 is 2.04 bits per heavy atom. The fraction of sp³-hybridized carbons (Fsp3) is 0.364. The maximum absolute atomic E-state index is 11.9. The van der Waals surface area contributed by atoms with Gasteiger partial charge in [-0.1, -0.05) is 24.3 Å². The van der Waals surface area contributed by atoms with Crippen LogP contribution in [0, 0.1) is 13.8 Å². The van der Waals surface area contributed by atoms with Gasteiger partial charge in [-0.25, -0.2) is 4.98 Å². The molecule has 0 bridgehead atoms. The van der Waals surface area contributed by atoms with E-state index < -0.39 is 0 Å². The topological polar surface area (TPSA) is 84.0 Å². The van der Waals surface area contributed by atoms with Crippen LogP contribution < -0.4 is 10.6 Å². The van der Waals surface area contributed by atoms with Gasteiger partial charge in [0.05, 0.1) is 0 Å². The lowest BCUT2D eigenvalue weighted by molar-refractivity contribution is -0.120. The molecule has 3 rings (SSSR count). The molecule has 0 unspecified atom stereocenters. The largest absolute Gasteiger partial charge is 0.351 e. The van der Waals surface area contributed by atoms with Gasteiger partial charge >= 0.3 is 0 Å². The number of benzene rings is 1. The number of anilines is 3. The monoisotopic (exact) mass is 378 g/mol. The number of nitrogens with one attached hydrogen (secondary N) is 2. The normalized spacial score (nSPS) is 14.6. The van der Waals surface area contributed by atoms with Crippen LogP contribution in [0.5, 0.6) is 0 Å². The first kappa shape index (κ1) is 19.7. The van der Waals surface area contributed by atoms with Gasteiger partial charge in [-0.3, -0.25) is 9.59 Å². The third-order valence-electron chi connectivity index (χ3n) is 4.95. The zero-order valence-electron chi connectivity index (χ0n) is 16.4. The second-order valence-corrected chi connectivity index (χ2v) is 7.32. The minimum atomic E-state index is -0.0257. The van der Waals surface area contributed by atoms with Crippen LogP contribution in [0.2, 0.25) is 0 Å². The first-order chi connectivity index (χ1) is 13.4. The molecule has 0 radical (unpaired) electrons. The molecule has 2 aromatic rings. The average molecular weight is 378 g/mol. The summed E-state index contributed by atoms with van der Waals surface area (Å²) in [6, 6.07) is 6.17. The van der Waals surface area contributed by atoms with E-state index in [0.717, 1.165) is 35.2 Å². The van der Waals surface area contributed by atoms with E-state index in [1.165, 1.54) is 6.08 Å². The third kappa shape index (κ3) is 5.03. The Morgan fingerprint density at radius 3 is 2.75 bits per heavy atom. The summed E-state index contributed by atoms with van der Waals surface area (Å²) in [5, 5.41) is 6.69. The lowest BCUT2D eigenvalue weighted by Crippen LogP contribution is -2.27. The molecular formula is C22H26N4O2. The number of allylic oxidation sites excluding steroid dienone is 1. The van der Waals surface area contributed by atoms with Gasteiger partial charge < -0.3 is 10.6 Å². The van der Waals surface area contributed by atoms with Crippen LogP contribution in [0.1, 0.15) is 42.4 Å². The molecule has 2 N–H and O–H groups in total. The summed E-state index contributed by atoms with van der Waals surface area (Å²) in [5.74, 6) is 1.54. The molecular weight excluding hydrogens is 352 g/mol. The number of hydrogen-bond acceptors (Lipinski definition) is 6. The molecule has 6 nitrogen and oxygen atoms in total. The zero-order valence-corrected chi connectivity index (χ0v) is 16.4. The highest BCUT2D eigenvalue weighted by Crippen LogP contribution is 2.25. The number of Topliss-reactive ketones (excluding diaryl/α,β-unsaturated/α-hetero) is 1. The molecule has 1 fully saturated rings. The predicted octanol–water partition coefficient (Wildman–Crippen LogP) is 4.06. The Morgan fingerprint density at radius 1 is 1.29 bits per heavy atom. The van der Waals surface area contributed by atoms with Gasteiger partial charge in [0.2, 0.25) is 5.95 Å². The summed E-state index contributed by atoms with van der Waals surface area (Å²) < 4.78 is 0. The standard InChI is InChI=1S/C22H26N4O2/c1-4-18(27)12-16-11-14(2)5-10-20(16)25-21-15(3)13-23-22(26-21)24-17-6-8-19(28)9-7-17/h4-5,10-11,13,17H,1,6-9,12H2,2-3H3,(H2,23,24,25,26). The molecule has 1 aromatic heterocycles. The number of rotatable bonds is 7. The van der Waals surface area contributed by atoms with Crippen molar-refractivity contribution in [3.05, 3.63) is 53.7 Å². The van der Waals surface area contributed by atoms with E-state index >= 15 is 0 Å². The van der Waals surface area contributed by atoms with Crippen molar-refractivity contribution in [1.29, 1.82) is 0 Å². The van der Waals surface area contributed by atoms with Crippen LogP contribution >= 0.6 is 0 Å². The molecule has 1 aliphatic carbocycles. The lowest BCUT2D eigenvalue weighted by atomic mass is 9.94. The number of carbonyl (C=O) groups is 2. The van der Waals surface area contributed by atoms with Crippen molar-refractivity contribution in [2.24, 2.45) is 0 Å². The first-order valence-corrected chi connectivity index (χ1v) is 9.58. The van der Waals surface area contributed by atoms with E-state index in [4.69, 9.17) is 0 Å². The van der Waals surface area contributed by atoms with Gasteiger partial charge in [0, 0.05) is 42.8 Å². The van der Waals surface area contributed by atoms with Crippen molar-refractivity contribution in [1.82, 2.24) is 9.97 Å². The summed E-state index contributed by atoms with van der Waals surface area (Å²) >= 11 is 0. The highest BCUT2D eigenvalue weighted by atomic mass is 16.1. The number of ketones is 2. The molecule has 6 heteroatoms. The van der Waals surface area contributed by atoms with Crippen LogP contribution in [0.15, 0.2) is 37.1 Å². The van der Waals surface area contributed by atoms with Crippen molar-refractivity contribution in [2.75, 3.05) is 10.6 Å². The minimum absolute atomic E-state index is 0.0257. The van der Waals surface area contributed by atoms with Gasteiger partial charge in [-0.15, -0.1) is 0 Å². The van der Waals surface area contributed by atoms with Gasteiger partial charge in [-0.05, 0) is 44.4 Å². The molecule has 28 heavy (non-hydrogen) atoms. The third-order valence-corrected chi connectivity index (χ3v) is 4.95. The summed E-state index contributed by atoms with van der Waals surface area (Å²) in [6.07, 6.45) is 6.25. The molecule has 0 amide bonds. The molecule has 1 saturated carbocycles. The van der Waals surface area contributed by atoms with E-state index in [-0.39, 0.29) is 11.8 Å². The molecule has 0 aliphatic heterocycles. The molecule has 0 atom stereocenters. The Balaban J connectivity index is 1.79. The first-order valence-electron chi connectivity index (χ1n) is 9.58.